The second-order valence-corrected chi connectivity index (χ2v) is 7.57. The van der Waals surface area contributed by atoms with Crippen molar-refractivity contribution in [3.63, 3.8) is 0 Å². The number of pyridine rings is 1. The first-order valence-corrected chi connectivity index (χ1v) is 9.48. The molecule has 1 aromatic rings. The molecule has 4 nitrogen and oxygen atoms in total. The molecule has 0 N–H and O–H groups in total. The van der Waals surface area contributed by atoms with Gasteiger partial charge in [-0.15, -0.1) is 0 Å². The average molecular weight is 340 g/mol. The van der Waals surface area contributed by atoms with Crippen molar-refractivity contribution >= 4 is 35.1 Å². The van der Waals surface area contributed by atoms with Crippen molar-refractivity contribution in [3.05, 3.63) is 23.4 Å². The predicted molar refractivity (Wildman–Crippen MR) is 92.7 cm³/mol. The first kappa shape index (κ1) is 15.9. The van der Waals surface area contributed by atoms with Gasteiger partial charge < -0.3 is 9.80 Å². The van der Waals surface area contributed by atoms with E-state index in [1.165, 1.54) is 0 Å². The lowest BCUT2D eigenvalue weighted by atomic mass is 9.93. The summed E-state index contributed by atoms with van der Waals surface area (Å²) in [4.78, 5) is 21.0. The molecule has 2 aliphatic heterocycles. The zero-order valence-corrected chi connectivity index (χ0v) is 14.3. The molecule has 1 aromatic heterocycles. The monoisotopic (exact) mass is 339 g/mol. The Morgan fingerprint density at radius 1 is 1.27 bits per heavy atom. The molecule has 2 fully saturated rings. The van der Waals surface area contributed by atoms with E-state index in [-0.39, 0.29) is 0 Å². The van der Waals surface area contributed by atoms with Crippen molar-refractivity contribution in [1.82, 2.24) is 9.88 Å². The number of thioether (sulfide) groups is 1. The number of halogens is 1. The van der Waals surface area contributed by atoms with Crippen molar-refractivity contribution in [3.8, 4) is 0 Å². The van der Waals surface area contributed by atoms with E-state index in [1.807, 2.05) is 28.8 Å². The highest BCUT2D eigenvalue weighted by atomic mass is 35.5. The Morgan fingerprint density at radius 2 is 2.00 bits per heavy atom. The molecule has 0 saturated carbocycles. The molecular formula is C16H22ClN3OS. The van der Waals surface area contributed by atoms with Crippen LogP contribution in [-0.2, 0) is 4.79 Å². The van der Waals surface area contributed by atoms with Crippen LogP contribution in [0.5, 0.6) is 0 Å². The highest BCUT2D eigenvalue weighted by molar-refractivity contribution is 7.99. The quantitative estimate of drug-likeness (QED) is 0.848. The summed E-state index contributed by atoms with van der Waals surface area (Å²) in [5, 5.41) is 0.711. The molecule has 0 aromatic carbocycles. The van der Waals surface area contributed by atoms with Crippen LogP contribution in [0, 0.1) is 5.92 Å². The van der Waals surface area contributed by atoms with Gasteiger partial charge >= 0.3 is 0 Å². The largest absolute Gasteiger partial charge is 0.355 e. The van der Waals surface area contributed by atoms with E-state index in [0.29, 0.717) is 23.3 Å². The fourth-order valence-electron chi connectivity index (χ4n) is 3.15. The molecular weight excluding hydrogens is 318 g/mol. The summed E-state index contributed by atoms with van der Waals surface area (Å²) in [6.07, 6.45) is 4.57. The number of nitrogens with zero attached hydrogens (tertiary/aromatic N) is 3. The Morgan fingerprint density at radius 3 is 2.68 bits per heavy atom. The maximum absolute atomic E-state index is 12.3. The van der Waals surface area contributed by atoms with E-state index < -0.39 is 0 Å². The molecule has 120 valence electrons. The van der Waals surface area contributed by atoms with Crippen molar-refractivity contribution in [1.29, 1.82) is 0 Å². The Kier molecular flexibility index (Phi) is 5.47. The van der Waals surface area contributed by atoms with Gasteiger partial charge in [0.05, 0.1) is 5.02 Å². The van der Waals surface area contributed by atoms with E-state index >= 15 is 0 Å². The average Bonchev–Trinajstić information content (AvgIpc) is 2.57. The van der Waals surface area contributed by atoms with Crippen LogP contribution in [0.3, 0.4) is 0 Å². The van der Waals surface area contributed by atoms with Gasteiger partial charge in [0.15, 0.2) is 0 Å². The number of rotatable bonds is 3. The number of hydrogen-bond donors (Lipinski definition) is 0. The van der Waals surface area contributed by atoms with Gasteiger partial charge in [0.2, 0.25) is 5.91 Å². The van der Waals surface area contributed by atoms with Gasteiger partial charge in [0.25, 0.3) is 0 Å². The third-order valence-corrected chi connectivity index (χ3v) is 5.72. The lowest BCUT2D eigenvalue weighted by molar-refractivity contribution is -0.132. The molecule has 0 spiro atoms. The highest BCUT2D eigenvalue weighted by Crippen LogP contribution is 2.29. The molecule has 3 rings (SSSR count). The van der Waals surface area contributed by atoms with Gasteiger partial charge in [-0.3, -0.25) is 4.79 Å². The summed E-state index contributed by atoms with van der Waals surface area (Å²) in [5.41, 5.74) is 0. The lowest BCUT2D eigenvalue weighted by Crippen LogP contribution is -2.40. The number of carbonyl (C=O) groups excluding carboxylic acids is 1. The topological polar surface area (TPSA) is 36.4 Å². The van der Waals surface area contributed by atoms with E-state index in [0.717, 1.165) is 56.3 Å². The summed E-state index contributed by atoms with van der Waals surface area (Å²) in [7, 11) is 0. The molecule has 0 radical (unpaired) electrons. The van der Waals surface area contributed by atoms with Crippen LogP contribution in [-0.4, -0.2) is 53.5 Å². The van der Waals surface area contributed by atoms with Crippen LogP contribution >= 0.6 is 23.4 Å². The minimum Gasteiger partial charge on any atom is -0.355 e. The second-order valence-electron chi connectivity index (χ2n) is 5.94. The van der Waals surface area contributed by atoms with Gasteiger partial charge in [-0.1, -0.05) is 11.6 Å². The Balaban J connectivity index is 1.49. The van der Waals surface area contributed by atoms with Gasteiger partial charge in [0, 0.05) is 50.3 Å². The number of aromatic nitrogens is 1. The second kappa shape index (κ2) is 7.55. The van der Waals surface area contributed by atoms with Crippen LogP contribution in [0.2, 0.25) is 5.02 Å². The zero-order chi connectivity index (χ0) is 15.4. The first-order valence-electron chi connectivity index (χ1n) is 7.95. The normalized spacial score (nSPS) is 20.2. The molecule has 0 bridgehead atoms. The van der Waals surface area contributed by atoms with Crippen molar-refractivity contribution in [2.75, 3.05) is 42.6 Å². The molecule has 22 heavy (non-hydrogen) atoms. The van der Waals surface area contributed by atoms with Gasteiger partial charge in [-0.2, -0.15) is 11.8 Å². The standard InChI is InChI=1S/C16H22ClN3OS/c17-14-2-1-5-18-16(14)20-6-3-13(4-7-20)12-15(21)19-8-10-22-11-9-19/h1-2,5,13H,3-4,6-12H2. The highest BCUT2D eigenvalue weighted by Gasteiger charge is 2.25. The fourth-order valence-corrected chi connectivity index (χ4v) is 4.29. The van der Waals surface area contributed by atoms with E-state index in [4.69, 9.17) is 11.6 Å². The zero-order valence-electron chi connectivity index (χ0n) is 12.7. The Hall–Kier alpha value is -0.940. The van der Waals surface area contributed by atoms with E-state index in [2.05, 4.69) is 9.88 Å². The van der Waals surface area contributed by atoms with Gasteiger partial charge in [-0.05, 0) is 30.9 Å². The predicted octanol–water partition coefficient (Wildman–Crippen LogP) is 2.92. The van der Waals surface area contributed by atoms with Crippen LogP contribution < -0.4 is 4.90 Å². The molecule has 0 aliphatic carbocycles. The Labute approximate surface area is 141 Å². The number of amides is 1. The van der Waals surface area contributed by atoms with Gasteiger partial charge in [-0.25, -0.2) is 4.98 Å². The first-order chi connectivity index (χ1) is 10.7. The molecule has 2 aliphatic rings. The summed E-state index contributed by atoms with van der Waals surface area (Å²) in [6.45, 7) is 3.72. The maximum Gasteiger partial charge on any atom is 0.222 e. The van der Waals surface area contributed by atoms with E-state index in [1.54, 1.807) is 6.20 Å². The van der Waals surface area contributed by atoms with Crippen molar-refractivity contribution in [2.45, 2.75) is 19.3 Å². The lowest BCUT2D eigenvalue weighted by Gasteiger charge is -2.34. The minimum absolute atomic E-state index is 0.342. The number of piperidine rings is 1. The maximum atomic E-state index is 12.3. The summed E-state index contributed by atoms with van der Waals surface area (Å²) in [6, 6.07) is 3.74. The van der Waals surface area contributed by atoms with Crippen LogP contribution in [0.1, 0.15) is 19.3 Å². The Bertz CT molecular complexity index is 514. The minimum atomic E-state index is 0.342. The fraction of sp³-hybridized carbons (Fsp3) is 0.625. The number of anilines is 1. The molecule has 6 heteroatoms. The molecule has 0 unspecified atom stereocenters. The summed E-state index contributed by atoms with van der Waals surface area (Å²) >= 11 is 8.15. The number of hydrogen-bond acceptors (Lipinski definition) is 4. The molecule has 2 saturated heterocycles. The summed E-state index contributed by atoms with van der Waals surface area (Å²) in [5.74, 6) is 3.89. The van der Waals surface area contributed by atoms with Crippen molar-refractivity contribution in [2.24, 2.45) is 5.92 Å². The van der Waals surface area contributed by atoms with E-state index in [9.17, 15) is 4.79 Å². The third kappa shape index (κ3) is 3.87. The van der Waals surface area contributed by atoms with Crippen molar-refractivity contribution < 1.29 is 4.79 Å². The molecule has 3 heterocycles. The SMILES string of the molecule is O=C(CC1CCN(c2ncccc2Cl)CC1)N1CCSCC1. The van der Waals surface area contributed by atoms with Crippen LogP contribution in [0.25, 0.3) is 0 Å². The smallest absolute Gasteiger partial charge is 0.222 e. The number of carbonyl (C=O) groups is 1. The summed E-state index contributed by atoms with van der Waals surface area (Å²) < 4.78 is 0. The van der Waals surface area contributed by atoms with Gasteiger partial charge in [0.1, 0.15) is 5.82 Å². The third-order valence-electron chi connectivity index (χ3n) is 4.48. The van der Waals surface area contributed by atoms with Crippen LogP contribution in [0.15, 0.2) is 18.3 Å². The molecule has 1 amide bonds. The molecule has 0 atom stereocenters. The van der Waals surface area contributed by atoms with Crippen LogP contribution in [0.4, 0.5) is 5.82 Å².